The highest BCUT2D eigenvalue weighted by molar-refractivity contribution is 9.10. The van der Waals surface area contributed by atoms with Gasteiger partial charge in [0.05, 0.1) is 9.37 Å². The first kappa shape index (κ1) is 14.9. The molecule has 0 aliphatic carbocycles. The van der Waals surface area contributed by atoms with Gasteiger partial charge in [-0.2, -0.15) is 4.31 Å². The van der Waals surface area contributed by atoms with Gasteiger partial charge in [0.25, 0.3) is 0 Å². The lowest BCUT2D eigenvalue weighted by Gasteiger charge is -2.38. The van der Waals surface area contributed by atoms with Crippen molar-refractivity contribution in [2.75, 3.05) is 13.1 Å². The van der Waals surface area contributed by atoms with E-state index < -0.39 is 15.8 Å². The number of nitrogens with one attached hydrogen (secondary N) is 1. The van der Waals surface area contributed by atoms with Crippen molar-refractivity contribution >= 4 is 26.0 Å². The third-order valence-corrected chi connectivity index (χ3v) is 5.98. The molecule has 1 aliphatic heterocycles. The Balaban J connectivity index is 2.43. The van der Waals surface area contributed by atoms with Gasteiger partial charge >= 0.3 is 0 Å². The van der Waals surface area contributed by atoms with E-state index in [4.69, 9.17) is 0 Å². The van der Waals surface area contributed by atoms with Gasteiger partial charge in [-0.3, -0.25) is 0 Å². The molecule has 106 valence electrons. The normalized spacial score (nSPS) is 25.5. The van der Waals surface area contributed by atoms with E-state index in [1.807, 2.05) is 13.8 Å². The van der Waals surface area contributed by atoms with Gasteiger partial charge in [-0.15, -0.1) is 0 Å². The Morgan fingerprint density at radius 1 is 1.32 bits per heavy atom. The van der Waals surface area contributed by atoms with Gasteiger partial charge in [-0.25, -0.2) is 12.8 Å². The van der Waals surface area contributed by atoms with Crippen LogP contribution in [0.4, 0.5) is 4.39 Å². The largest absolute Gasteiger partial charge is 0.314 e. The number of piperazine rings is 1. The molecule has 1 aliphatic rings. The lowest BCUT2D eigenvalue weighted by atomic mass is 10.2. The van der Waals surface area contributed by atoms with Crippen LogP contribution in [0, 0.1) is 5.82 Å². The lowest BCUT2D eigenvalue weighted by molar-refractivity contribution is 0.220. The summed E-state index contributed by atoms with van der Waals surface area (Å²) >= 11 is 3.02. The van der Waals surface area contributed by atoms with Crippen molar-refractivity contribution in [1.29, 1.82) is 0 Å². The maximum atomic E-state index is 13.5. The summed E-state index contributed by atoms with van der Waals surface area (Å²) in [5, 5.41) is 3.17. The van der Waals surface area contributed by atoms with Gasteiger partial charge in [0.1, 0.15) is 5.82 Å². The second-order valence-corrected chi connectivity index (χ2v) is 7.46. The van der Waals surface area contributed by atoms with E-state index in [0.29, 0.717) is 13.1 Å². The molecule has 0 amide bonds. The van der Waals surface area contributed by atoms with E-state index in [2.05, 4.69) is 21.2 Å². The molecule has 1 aromatic carbocycles. The molecule has 2 rings (SSSR count). The molecule has 1 N–H and O–H groups in total. The number of sulfonamides is 1. The number of hydrogen-bond donors (Lipinski definition) is 1. The van der Waals surface area contributed by atoms with E-state index in [1.165, 1.54) is 16.4 Å². The zero-order valence-electron chi connectivity index (χ0n) is 10.7. The summed E-state index contributed by atoms with van der Waals surface area (Å²) in [4.78, 5) is -0.00574. The van der Waals surface area contributed by atoms with Crippen molar-refractivity contribution < 1.29 is 12.8 Å². The summed E-state index contributed by atoms with van der Waals surface area (Å²) in [5.41, 5.74) is 0. The van der Waals surface area contributed by atoms with Crippen molar-refractivity contribution in [3.8, 4) is 0 Å². The predicted molar refractivity (Wildman–Crippen MR) is 74.9 cm³/mol. The quantitative estimate of drug-likeness (QED) is 0.886. The second kappa shape index (κ2) is 5.47. The average molecular weight is 351 g/mol. The van der Waals surface area contributed by atoms with Crippen LogP contribution < -0.4 is 5.32 Å². The minimum absolute atomic E-state index is 0.00574. The van der Waals surface area contributed by atoms with Crippen LogP contribution in [0.3, 0.4) is 0 Å². The molecule has 2 unspecified atom stereocenters. The van der Waals surface area contributed by atoms with Gasteiger partial charge in [-0.1, -0.05) is 0 Å². The SMILES string of the molecule is CC1CNCC(C)N1S(=O)(=O)c1ccc(Br)c(F)c1. The van der Waals surface area contributed by atoms with Crippen molar-refractivity contribution in [3.63, 3.8) is 0 Å². The molecule has 4 nitrogen and oxygen atoms in total. The predicted octanol–water partition coefficient (Wildman–Crippen LogP) is 1.96. The first-order valence-corrected chi connectivity index (χ1v) is 8.26. The van der Waals surface area contributed by atoms with Gasteiger partial charge in [0.15, 0.2) is 0 Å². The Labute approximate surface area is 121 Å². The molecule has 0 saturated carbocycles. The van der Waals surface area contributed by atoms with Crippen molar-refractivity contribution in [2.24, 2.45) is 0 Å². The van der Waals surface area contributed by atoms with Crippen LogP contribution in [0.25, 0.3) is 0 Å². The monoisotopic (exact) mass is 350 g/mol. The number of hydrogen-bond acceptors (Lipinski definition) is 3. The van der Waals surface area contributed by atoms with E-state index in [1.54, 1.807) is 0 Å². The molecule has 7 heteroatoms. The first-order chi connectivity index (χ1) is 8.84. The molecule has 2 atom stereocenters. The number of rotatable bonds is 2. The van der Waals surface area contributed by atoms with Crippen LogP contribution in [-0.4, -0.2) is 37.9 Å². The topological polar surface area (TPSA) is 49.4 Å². The van der Waals surface area contributed by atoms with Gasteiger partial charge in [0.2, 0.25) is 10.0 Å². The Morgan fingerprint density at radius 2 is 1.89 bits per heavy atom. The fourth-order valence-corrected chi connectivity index (χ4v) is 4.43. The second-order valence-electron chi connectivity index (χ2n) is 4.77. The van der Waals surface area contributed by atoms with Crippen LogP contribution in [0.15, 0.2) is 27.6 Å². The molecule has 0 bridgehead atoms. The third-order valence-electron chi connectivity index (χ3n) is 3.21. The molecular weight excluding hydrogens is 335 g/mol. The summed E-state index contributed by atoms with van der Waals surface area (Å²) < 4.78 is 40.4. The van der Waals surface area contributed by atoms with Crippen molar-refractivity contribution in [3.05, 3.63) is 28.5 Å². The maximum absolute atomic E-state index is 13.5. The molecule has 1 fully saturated rings. The Morgan fingerprint density at radius 3 is 2.42 bits per heavy atom. The summed E-state index contributed by atoms with van der Waals surface area (Å²) in [7, 11) is -3.67. The van der Waals surface area contributed by atoms with Crippen molar-refractivity contribution in [1.82, 2.24) is 9.62 Å². The number of benzene rings is 1. The number of nitrogens with zero attached hydrogens (tertiary/aromatic N) is 1. The molecule has 0 radical (unpaired) electrons. The first-order valence-electron chi connectivity index (χ1n) is 6.03. The molecule has 0 aromatic heterocycles. The highest BCUT2D eigenvalue weighted by Crippen LogP contribution is 2.25. The molecule has 0 spiro atoms. The smallest absolute Gasteiger partial charge is 0.243 e. The minimum Gasteiger partial charge on any atom is -0.314 e. The third kappa shape index (κ3) is 2.84. The van der Waals surface area contributed by atoms with Gasteiger partial charge < -0.3 is 5.32 Å². The van der Waals surface area contributed by atoms with Crippen LogP contribution in [0.2, 0.25) is 0 Å². The van der Waals surface area contributed by atoms with E-state index in [9.17, 15) is 12.8 Å². The lowest BCUT2D eigenvalue weighted by Crippen LogP contribution is -2.57. The summed E-state index contributed by atoms with van der Waals surface area (Å²) in [6.07, 6.45) is 0. The molecule has 1 aromatic rings. The maximum Gasteiger partial charge on any atom is 0.243 e. The summed E-state index contributed by atoms with van der Waals surface area (Å²) in [6.45, 7) is 4.88. The summed E-state index contributed by atoms with van der Waals surface area (Å²) in [5.74, 6) is -0.573. The molecular formula is C12H16BrFN2O2S. The van der Waals surface area contributed by atoms with Crippen LogP contribution in [0.5, 0.6) is 0 Å². The average Bonchev–Trinajstić information content (AvgIpc) is 2.32. The Hall–Kier alpha value is -0.500. The summed E-state index contributed by atoms with van der Waals surface area (Å²) in [6, 6.07) is 3.59. The highest BCUT2D eigenvalue weighted by Gasteiger charge is 2.35. The molecule has 19 heavy (non-hydrogen) atoms. The zero-order chi connectivity index (χ0) is 14.2. The zero-order valence-corrected chi connectivity index (χ0v) is 13.1. The van der Waals surface area contributed by atoms with E-state index in [-0.39, 0.29) is 21.5 Å². The fourth-order valence-electron chi connectivity index (χ4n) is 2.35. The Bertz CT molecular complexity index is 569. The standard InChI is InChI=1S/C12H16BrFN2O2S/c1-8-6-15-7-9(2)16(8)19(17,18)10-3-4-11(13)12(14)5-10/h3-5,8-9,15H,6-7H2,1-2H3. The number of halogens is 2. The van der Waals surface area contributed by atoms with Crippen LogP contribution in [-0.2, 0) is 10.0 Å². The van der Waals surface area contributed by atoms with Crippen LogP contribution in [0.1, 0.15) is 13.8 Å². The van der Waals surface area contributed by atoms with Crippen molar-refractivity contribution in [2.45, 2.75) is 30.8 Å². The highest BCUT2D eigenvalue weighted by atomic mass is 79.9. The van der Waals surface area contributed by atoms with Gasteiger partial charge in [-0.05, 0) is 48.0 Å². The van der Waals surface area contributed by atoms with E-state index >= 15 is 0 Å². The molecule has 1 heterocycles. The van der Waals surface area contributed by atoms with Crippen LogP contribution >= 0.6 is 15.9 Å². The fraction of sp³-hybridized carbons (Fsp3) is 0.500. The van der Waals surface area contributed by atoms with Gasteiger partial charge in [0, 0.05) is 25.2 Å². The minimum atomic E-state index is -3.67. The Kier molecular flexibility index (Phi) is 4.29. The van der Waals surface area contributed by atoms with E-state index in [0.717, 1.165) is 6.07 Å². The molecule has 1 saturated heterocycles.